The molecule has 0 spiro atoms. The molecule has 1 aliphatic heterocycles. The minimum atomic E-state index is -4.43. The van der Waals surface area contributed by atoms with Crippen LogP contribution in [0.2, 0.25) is 0 Å². The van der Waals surface area contributed by atoms with Crippen molar-refractivity contribution in [3.05, 3.63) is 18.2 Å². The molecule has 2 N–H and O–H groups in total. The third kappa shape index (κ3) is 5.89. The maximum absolute atomic E-state index is 12.3. The van der Waals surface area contributed by atoms with Crippen LogP contribution in [0.4, 0.5) is 29.3 Å². The number of nitrogens with two attached hydrogens (primary N) is 1. The fraction of sp³-hybridized carbons (Fsp3) is 0.588. The first-order chi connectivity index (χ1) is 11.9. The van der Waals surface area contributed by atoms with E-state index in [-0.39, 0.29) is 17.5 Å². The summed E-state index contributed by atoms with van der Waals surface area (Å²) in [4.78, 5) is 15.6. The van der Waals surface area contributed by atoms with Gasteiger partial charge in [0, 0.05) is 37.9 Å². The molecule has 9 heteroatoms. The van der Waals surface area contributed by atoms with E-state index in [1.54, 1.807) is 31.7 Å². The molecule has 0 bridgehead atoms. The largest absolute Gasteiger partial charge is 0.482 e. The minimum Gasteiger partial charge on any atom is -0.482 e. The number of hydrogen-bond donors (Lipinski definition) is 1. The Labute approximate surface area is 150 Å². The maximum atomic E-state index is 12.3. The lowest BCUT2D eigenvalue weighted by Crippen LogP contribution is -2.50. The molecule has 0 aromatic heterocycles. The Kier molecular flexibility index (Phi) is 5.77. The smallest absolute Gasteiger partial charge is 0.422 e. The van der Waals surface area contributed by atoms with E-state index < -0.39 is 18.4 Å². The van der Waals surface area contributed by atoms with Gasteiger partial charge in [-0.3, -0.25) is 0 Å². The normalized spacial score (nSPS) is 15.8. The predicted molar refractivity (Wildman–Crippen MR) is 92.4 cm³/mol. The number of carbonyl (C=O) groups excluding carboxylic acids is 1. The van der Waals surface area contributed by atoms with Crippen LogP contribution in [-0.4, -0.2) is 55.6 Å². The second-order valence-electron chi connectivity index (χ2n) is 7.08. The summed E-state index contributed by atoms with van der Waals surface area (Å²) >= 11 is 0. The molecule has 1 saturated heterocycles. The van der Waals surface area contributed by atoms with E-state index >= 15 is 0 Å². The van der Waals surface area contributed by atoms with Crippen molar-refractivity contribution in [3.8, 4) is 5.75 Å². The van der Waals surface area contributed by atoms with Gasteiger partial charge in [-0.05, 0) is 32.9 Å². The van der Waals surface area contributed by atoms with E-state index in [0.717, 1.165) is 0 Å². The van der Waals surface area contributed by atoms with Gasteiger partial charge in [0.05, 0.1) is 5.69 Å². The van der Waals surface area contributed by atoms with Crippen LogP contribution in [0.3, 0.4) is 0 Å². The molecule has 0 aliphatic carbocycles. The topological polar surface area (TPSA) is 68.0 Å². The number of rotatable bonds is 3. The molecule has 1 heterocycles. The van der Waals surface area contributed by atoms with Gasteiger partial charge >= 0.3 is 12.3 Å². The summed E-state index contributed by atoms with van der Waals surface area (Å²) in [6, 6.07) is 4.73. The molecule has 0 saturated carbocycles. The maximum Gasteiger partial charge on any atom is 0.422 e. The number of halogens is 3. The van der Waals surface area contributed by atoms with E-state index in [1.807, 2.05) is 4.90 Å². The summed E-state index contributed by atoms with van der Waals surface area (Å²) in [6.45, 7) is 5.99. The highest BCUT2D eigenvalue weighted by Gasteiger charge is 2.29. The molecular weight excluding hydrogens is 351 g/mol. The molecule has 0 radical (unpaired) electrons. The van der Waals surface area contributed by atoms with E-state index in [9.17, 15) is 18.0 Å². The van der Waals surface area contributed by atoms with Crippen LogP contribution in [0.15, 0.2) is 18.2 Å². The average Bonchev–Trinajstić information content (AvgIpc) is 2.52. The van der Waals surface area contributed by atoms with Crippen molar-refractivity contribution in [3.63, 3.8) is 0 Å². The number of benzene rings is 1. The molecule has 0 unspecified atom stereocenters. The summed E-state index contributed by atoms with van der Waals surface area (Å²) < 4.78 is 47.1. The number of anilines is 2. The van der Waals surface area contributed by atoms with Crippen LogP contribution in [-0.2, 0) is 4.74 Å². The predicted octanol–water partition coefficient (Wildman–Crippen LogP) is 3.27. The third-order valence-corrected chi connectivity index (χ3v) is 3.68. The van der Waals surface area contributed by atoms with E-state index in [4.69, 9.17) is 15.2 Å². The van der Waals surface area contributed by atoms with Crippen LogP contribution in [0.25, 0.3) is 0 Å². The zero-order chi connectivity index (χ0) is 19.5. The first-order valence-corrected chi connectivity index (χ1v) is 8.26. The van der Waals surface area contributed by atoms with Crippen molar-refractivity contribution in [2.75, 3.05) is 43.4 Å². The highest BCUT2D eigenvalue weighted by Crippen LogP contribution is 2.30. The average molecular weight is 375 g/mol. The van der Waals surface area contributed by atoms with Crippen molar-refractivity contribution in [2.24, 2.45) is 0 Å². The fourth-order valence-corrected chi connectivity index (χ4v) is 2.48. The Morgan fingerprint density at radius 2 is 1.77 bits per heavy atom. The standard InChI is InChI=1S/C17H24F3N3O3/c1-16(2,3)26-15(24)23-8-6-22(7-9-23)12-4-5-13(21)14(10-12)25-11-17(18,19)20/h4-5,10H,6-9,11,21H2,1-3H3. The van der Waals surface area contributed by atoms with Gasteiger partial charge in [0.1, 0.15) is 11.4 Å². The lowest BCUT2D eigenvalue weighted by molar-refractivity contribution is -0.153. The van der Waals surface area contributed by atoms with Crippen LogP contribution < -0.4 is 15.4 Å². The second kappa shape index (κ2) is 7.51. The number of ether oxygens (including phenoxy) is 2. The van der Waals surface area contributed by atoms with Crippen molar-refractivity contribution in [2.45, 2.75) is 32.5 Å². The number of amides is 1. The zero-order valence-corrected chi connectivity index (χ0v) is 15.1. The molecule has 1 amide bonds. The van der Waals surface area contributed by atoms with E-state index in [0.29, 0.717) is 31.9 Å². The Hall–Kier alpha value is -2.32. The number of nitrogens with zero attached hydrogens (tertiary/aromatic N) is 2. The number of carbonyl (C=O) groups is 1. The van der Waals surface area contributed by atoms with Crippen LogP contribution >= 0.6 is 0 Å². The molecule has 6 nitrogen and oxygen atoms in total. The molecule has 1 aliphatic rings. The van der Waals surface area contributed by atoms with Crippen LogP contribution in [0.5, 0.6) is 5.75 Å². The first kappa shape index (κ1) is 20.0. The molecule has 0 atom stereocenters. The van der Waals surface area contributed by atoms with Crippen molar-refractivity contribution in [1.29, 1.82) is 0 Å². The lowest BCUT2D eigenvalue weighted by atomic mass is 10.2. The minimum absolute atomic E-state index is 0.00519. The molecule has 146 valence electrons. The van der Waals surface area contributed by atoms with Crippen molar-refractivity contribution < 1.29 is 27.4 Å². The SMILES string of the molecule is CC(C)(C)OC(=O)N1CCN(c2ccc(N)c(OCC(F)(F)F)c2)CC1. The summed E-state index contributed by atoms with van der Waals surface area (Å²) in [5.74, 6) is -0.00519. The van der Waals surface area contributed by atoms with Crippen molar-refractivity contribution >= 4 is 17.5 Å². The third-order valence-electron chi connectivity index (χ3n) is 3.68. The summed E-state index contributed by atoms with van der Waals surface area (Å²) in [5.41, 5.74) is 5.97. The number of hydrogen-bond acceptors (Lipinski definition) is 5. The molecule has 1 fully saturated rings. The summed E-state index contributed by atoms with van der Waals surface area (Å²) in [6.07, 6.45) is -4.80. The van der Waals surface area contributed by atoms with Gasteiger partial charge in [0.15, 0.2) is 6.61 Å². The first-order valence-electron chi connectivity index (χ1n) is 8.26. The Bertz CT molecular complexity index is 636. The molecule has 1 aromatic carbocycles. The summed E-state index contributed by atoms with van der Waals surface area (Å²) in [7, 11) is 0. The van der Waals surface area contributed by atoms with Gasteiger partial charge in [-0.2, -0.15) is 13.2 Å². The second-order valence-corrected chi connectivity index (χ2v) is 7.08. The quantitative estimate of drug-likeness (QED) is 0.822. The van der Waals surface area contributed by atoms with Crippen LogP contribution in [0.1, 0.15) is 20.8 Å². The number of nitrogen functional groups attached to an aromatic ring is 1. The van der Waals surface area contributed by atoms with Gasteiger partial charge in [-0.15, -0.1) is 0 Å². The monoisotopic (exact) mass is 375 g/mol. The Morgan fingerprint density at radius 1 is 1.15 bits per heavy atom. The number of piperazine rings is 1. The van der Waals surface area contributed by atoms with Gasteiger partial charge in [-0.25, -0.2) is 4.79 Å². The zero-order valence-electron chi connectivity index (χ0n) is 15.1. The molecular formula is C17H24F3N3O3. The fourth-order valence-electron chi connectivity index (χ4n) is 2.48. The summed E-state index contributed by atoms with van der Waals surface area (Å²) in [5, 5.41) is 0. The highest BCUT2D eigenvalue weighted by atomic mass is 19.4. The van der Waals surface area contributed by atoms with E-state index in [1.165, 1.54) is 12.1 Å². The van der Waals surface area contributed by atoms with Gasteiger partial charge in [-0.1, -0.05) is 0 Å². The highest BCUT2D eigenvalue weighted by molar-refractivity contribution is 5.69. The lowest BCUT2D eigenvalue weighted by Gasteiger charge is -2.36. The molecule has 26 heavy (non-hydrogen) atoms. The van der Waals surface area contributed by atoms with Crippen LogP contribution in [0, 0.1) is 0 Å². The molecule has 1 aromatic rings. The Balaban J connectivity index is 1.97. The van der Waals surface area contributed by atoms with Gasteiger partial charge in [0.2, 0.25) is 0 Å². The van der Waals surface area contributed by atoms with E-state index in [2.05, 4.69) is 0 Å². The molecule has 2 rings (SSSR count). The number of alkyl halides is 3. The Morgan fingerprint density at radius 3 is 2.31 bits per heavy atom. The van der Waals surface area contributed by atoms with Crippen molar-refractivity contribution in [1.82, 2.24) is 4.90 Å². The van der Waals surface area contributed by atoms with Gasteiger partial charge < -0.3 is 25.0 Å². The van der Waals surface area contributed by atoms with Gasteiger partial charge in [0.25, 0.3) is 0 Å².